The van der Waals surface area contributed by atoms with E-state index in [-0.39, 0.29) is 11.5 Å². The molecule has 0 saturated carbocycles. The monoisotopic (exact) mass is 262 g/mol. The molecule has 18 heavy (non-hydrogen) atoms. The van der Waals surface area contributed by atoms with Crippen molar-refractivity contribution in [1.82, 2.24) is 4.98 Å². The highest BCUT2D eigenvalue weighted by molar-refractivity contribution is 7.07. The minimum absolute atomic E-state index is 0.0866. The van der Waals surface area contributed by atoms with Crippen molar-refractivity contribution in [2.45, 2.75) is 0 Å². The summed E-state index contributed by atoms with van der Waals surface area (Å²) in [5.41, 5.74) is 2.30. The lowest BCUT2D eigenvalue weighted by Gasteiger charge is -2.18. The number of aromatic nitrogens is 1. The number of rotatable bonds is 3. The quantitative estimate of drug-likeness (QED) is 0.919. The molecule has 5 nitrogen and oxygen atoms in total. The van der Waals surface area contributed by atoms with Gasteiger partial charge in [0.2, 0.25) is 0 Å². The summed E-state index contributed by atoms with van der Waals surface area (Å²) in [6.45, 7) is 0. The maximum Gasteiger partial charge on any atom is 0.337 e. The highest BCUT2D eigenvalue weighted by Gasteiger charge is 2.19. The fourth-order valence-electron chi connectivity index (χ4n) is 1.55. The van der Waals surface area contributed by atoms with E-state index in [1.165, 1.54) is 29.4 Å². The Kier molecular flexibility index (Phi) is 3.38. The van der Waals surface area contributed by atoms with E-state index < -0.39 is 5.97 Å². The van der Waals surface area contributed by atoms with E-state index in [9.17, 15) is 9.59 Å². The summed E-state index contributed by atoms with van der Waals surface area (Å²) in [5, 5.41) is 10.7. The smallest absolute Gasteiger partial charge is 0.337 e. The van der Waals surface area contributed by atoms with E-state index in [1.807, 2.05) is 0 Å². The first kappa shape index (κ1) is 12.3. The first-order valence-corrected chi connectivity index (χ1v) is 6.04. The number of carboxylic acids is 1. The molecule has 0 aliphatic carbocycles. The van der Waals surface area contributed by atoms with Crippen LogP contribution < -0.4 is 4.90 Å². The summed E-state index contributed by atoms with van der Waals surface area (Å²) in [6.07, 6.45) is 0. The van der Waals surface area contributed by atoms with Gasteiger partial charge in [-0.05, 0) is 12.1 Å². The minimum Gasteiger partial charge on any atom is -0.478 e. The lowest BCUT2D eigenvalue weighted by atomic mass is 10.1. The van der Waals surface area contributed by atoms with Gasteiger partial charge in [0.25, 0.3) is 5.91 Å². The lowest BCUT2D eigenvalue weighted by molar-refractivity contribution is 0.0697. The number of carbonyl (C=O) groups is 2. The van der Waals surface area contributed by atoms with Crippen LogP contribution in [0.25, 0.3) is 0 Å². The van der Waals surface area contributed by atoms with E-state index in [2.05, 4.69) is 4.98 Å². The predicted molar refractivity (Wildman–Crippen MR) is 68.2 cm³/mol. The van der Waals surface area contributed by atoms with Gasteiger partial charge in [0, 0.05) is 12.4 Å². The summed E-state index contributed by atoms with van der Waals surface area (Å²) >= 11 is 1.32. The van der Waals surface area contributed by atoms with Crippen molar-refractivity contribution in [3.8, 4) is 0 Å². The van der Waals surface area contributed by atoms with Gasteiger partial charge in [0.15, 0.2) is 0 Å². The third-order valence-corrected chi connectivity index (χ3v) is 3.04. The first-order chi connectivity index (χ1) is 8.61. The molecule has 1 aromatic carbocycles. The first-order valence-electron chi connectivity index (χ1n) is 5.10. The van der Waals surface area contributed by atoms with Crippen molar-refractivity contribution < 1.29 is 14.7 Å². The summed E-state index contributed by atoms with van der Waals surface area (Å²) < 4.78 is 0. The van der Waals surface area contributed by atoms with Crippen LogP contribution in [-0.2, 0) is 0 Å². The predicted octanol–water partition coefficient (Wildman–Crippen LogP) is 2.12. The number of para-hydroxylation sites is 1. The Morgan fingerprint density at radius 3 is 2.67 bits per heavy atom. The molecule has 0 radical (unpaired) electrons. The van der Waals surface area contributed by atoms with E-state index >= 15 is 0 Å². The largest absolute Gasteiger partial charge is 0.478 e. The van der Waals surface area contributed by atoms with Gasteiger partial charge in [-0.25, -0.2) is 9.78 Å². The fraction of sp³-hybridized carbons (Fsp3) is 0.0833. The van der Waals surface area contributed by atoms with Crippen LogP contribution in [0.4, 0.5) is 5.69 Å². The van der Waals surface area contributed by atoms with Crippen molar-refractivity contribution in [1.29, 1.82) is 0 Å². The van der Waals surface area contributed by atoms with E-state index in [0.29, 0.717) is 11.4 Å². The molecule has 1 N–H and O–H groups in total. The Balaban J connectivity index is 2.37. The third kappa shape index (κ3) is 2.23. The average Bonchev–Trinajstić information content (AvgIpc) is 2.90. The number of carboxylic acid groups (broad SMARTS) is 1. The number of hydrogen-bond acceptors (Lipinski definition) is 4. The summed E-state index contributed by atoms with van der Waals surface area (Å²) in [6, 6.07) is 6.36. The number of aromatic carboxylic acids is 1. The zero-order chi connectivity index (χ0) is 13.1. The molecule has 0 bridgehead atoms. The van der Waals surface area contributed by atoms with Crippen LogP contribution in [0.5, 0.6) is 0 Å². The standard InChI is InChI=1S/C12H10N2O3S/c1-14(11(15)9-6-18-7-13-9)10-5-3-2-4-8(10)12(16)17/h2-7H,1H3,(H,16,17). The topological polar surface area (TPSA) is 70.5 Å². The van der Waals surface area contributed by atoms with E-state index in [4.69, 9.17) is 5.11 Å². The number of hydrogen-bond donors (Lipinski definition) is 1. The second-order valence-corrected chi connectivity index (χ2v) is 4.28. The van der Waals surface area contributed by atoms with Crippen LogP contribution in [0.2, 0.25) is 0 Å². The molecule has 1 aromatic heterocycles. The van der Waals surface area contributed by atoms with Gasteiger partial charge in [-0.15, -0.1) is 11.3 Å². The molecule has 1 heterocycles. The van der Waals surface area contributed by atoms with Gasteiger partial charge in [-0.2, -0.15) is 0 Å². The van der Waals surface area contributed by atoms with Gasteiger partial charge < -0.3 is 10.0 Å². The Morgan fingerprint density at radius 1 is 1.33 bits per heavy atom. The molecule has 0 atom stereocenters. The summed E-state index contributed by atoms with van der Waals surface area (Å²) in [5.74, 6) is -1.39. The number of anilines is 1. The van der Waals surface area contributed by atoms with Crippen LogP contribution in [0.3, 0.4) is 0 Å². The molecular weight excluding hydrogens is 252 g/mol. The van der Waals surface area contributed by atoms with Crippen LogP contribution in [0.15, 0.2) is 35.2 Å². The SMILES string of the molecule is CN(C(=O)c1cscn1)c1ccccc1C(=O)O. The van der Waals surface area contributed by atoms with Crippen molar-refractivity contribution in [2.24, 2.45) is 0 Å². The molecular formula is C12H10N2O3S. The van der Waals surface area contributed by atoms with Gasteiger partial charge in [0.1, 0.15) is 5.69 Å². The van der Waals surface area contributed by atoms with E-state index in [1.54, 1.807) is 29.1 Å². The molecule has 2 rings (SSSR count). The van der Waals surface area contributed by atoms with Gasteiger partial charge in [0.05, 0.1) is 16.8 Å². The van der Waals surface area contributed by atoms with Crippen LogP contribution in [0, 0.1) is 0 Å². The molecule has 2 aromatic rings. The number of amides is 1. The summed E-state index contributed by atoms with van der Waals surface area (Å²) in [4.78, 5) is 28.3. The summed E-state index contributed by atoms with van der Waals surface area (Å²) in [7, 11) is 1.53. The molecule has 0 spiro atoms. The van der Waals surface area contributed by atoms with Crippen molar-refractivity contribution in [2.75, 3.05) is 11.9 Å². The zero-order valence-corrected chi connectivity index (χ0v) is 10.3. The Bertz CT molecular complexity index is 581. The molecule has 92 valence electrons. The lowest BCUT2D eigenvalue weighted by Crippen LogP contribution is -2.28. The second-order valence-electron chi connectivity index (χ2n) is 3.56. The number of nitrogens with zero attached hydrogens (tertiary/aromatic N) is 2. The third-order valence-electron chi connectivity index (χ3n) is 2.45. The molecule has 1 amide bonds. The van der Waals surface area contributed by atoms with Gasteiger partial charge >= 0.3 is 5.97 Å². The van der Waals surface area contributed by atoms with E-state index in [0.717, 1.165) is 0 Å². The maximum absolute atomic E-state index is 12.1. The van der Waals surface area contributed by atoms with Crippen molar-refractivity contribution in [3.63, 3.8) is 0 Å². The van der Waals surface area contributed by atoms with Crippen LogP contribution in [-0.4, -0.2) is 29.0 Å². The molecule has 0 unspecified atom stereocenters. The van der Waals surface area contributed by atoms with Crippen molar-refractivity contribution >= 4 is 28.9 Å². The van der Waals surface area contributed by atoms with Crippen molar-refractivity contribution in [3.05, 3.63) is 46.4 Å². The van der Waals surface area contributed by atoms with Gasteiger partial charge in [-0.3, -0.25) is 4.79 Å². The zero-order valence-electron chi connectivity index (χ0n) is 9.53. The fourth-order valence-corrected chi connectivity index (χ4v) is 2.07. The molecule has 0 aliphatic rings. The number of benzene rings is 1. The maximum atomic E-state index is 12.1. The number of carbonyl (C=O) groups excluding carboxylic acids is 1. The molecule has 6 heteroatoms. The molecule has 0 aliphatic heterocycles. The average molecular weight is 262 g/mol. The Morgan fingerprint density at radius 2 is 2.06 bits per heavy atom. The Labute approximate surface area is 107 Å². The molecule has 0 saturated heterocycles. The normalized spacial score (nSPS) is 10.1. The highest BCUT2D eigenvalue weighted by Crippen LogP contribution is 2.21. The number of thiazole rings is 1. The molecule has 0 fully saturated rings. The second kappa shape index (κ2) is 4.97. The van der Waals surface area contributed by atoms with Gasteiger partial charge in [-0.1, -0.05) is 12.1 Å². The Hall–Kier alpha value is -2.21. The highest BCUT2D eigenvalue weighted by atomic mass is 32.1. The van der Waals surface area contributed by atoms with Crippen LogP contribution in [0.1, 0.15) is 20.8 Å². The minimum atomic E-state index is -1.07. The van der Waals surface area contributed by atoms with Crippen LogP contribution >= 0.6 is 11.3 Å².